The summed E-state index contributed by atoms with van der Waals surface area (Å²) in [5.41, 5.74) is 2.22. The Bertz CT molecular complexity index is 645. The van der Waals surface area contributed by atoms with Crippen LogP contribution in [-0.4, -0.2) is 12.6 Å². The van der Waals surface area contributed by atoms with E-state index in [0.717, 1.165) is 30.0 Å². The van der Waals surface area contributed by atoms with E-state index < -0.39 is 0 Å². The summed E-state index contributed by atoms with van der Waals surface area (Å²) < 4.78 is 11.7. The van der Waals surface area contributed by atoms with Gasteiger partial charge >= 0.3 is 0 Å². The van der Waals surface area contributed by atoms with Gasteiger partial charge < -0.3 is 14.8 Å². The molecule has 0 aliphatic carbocycles. The van der Waals surface area contributed by atoms with E-state index in [1.54, 1.807) is 0 Å². The maximum atomic E-state index is 6.01. The Morgan fingerprint density at radius 3 is 2.54 bits per heavy atom. The van der Waals surface area contributed by atoms with Crippen molar-refractivity contribution in [2.75, 3.05) is 6.61 Å². The van der Waals surface area contributed by atoms with Gasteiger partial charge in [0.1, 0.15) is 6.61 Å². The van der Waals surface area contributed by atoms with Crippen molar-refractivity contribution in [3.8, 4) is 11.5 Å². The first-order chi connectivity index (χ1) is 11.6. The van der Waals surface area contributed by atoms with E-state index in [1.807, 2.05) is 43.3 Å². The van der Waals surface area contributed by atoms with Crippen molar-refractivity contribution in [3.05, 3.63) is 58.6 Å². The fraction of sp³-hybridized carbons (Fsp3) is 0.400. The van der Waals surface area contributed by atoms with Gasteiger partial charge in [-0.2, -0.15) is 0 Å². The Labute approximate surface area is 149 Å². The Morgan fingerprint density at radius 2 is 1.83 bits per heavy atom. The monoisotopic (exact) mass is 347 g/mol. The SMILES string of the molecule is CCOc1cc(CN[C@@H](C)CC)ccc1OCc1cccc(Cl)c1. The zero-order valence-electron chi connectivity index (χ0n) is 14.6. The van der Waals surface area contributed by atoms with Gasteiger partial charge in [-0.3, -0.25) is 0 Å². The van der Waals surface area contributed by atoms with Crippen LogP contribution in [0.25, 0.3) is 0 Å². The molecule has 0 fully saturated rings. The van der Waals surface area contributed by atoms with Gasteiger partial charge in [-0.15, -0.1) is 0 Å². The normalized spacial score (nSPS) is 12.0. The smallest absolute Gasteiger partial charge is 0.161 e. The van der Waals surface area contributed by atoms with Crippen LogP contribution in [0.2, 0.25) is 5.02 Å². The third kappa shape index (κ3) is 5.73. The Kier molecular flexibility index (Phi) is 7.41. The molecule has 1 atom stereocenters. The summed E-state index contributed by atoms with van der Waals surface area (Å²) in [5.74, 6) is 1.53. The summed E-state index contributed by atoms with van der Waals surface area (Å²) in [4.78, 5) is 0. The summed E-state index contributed by atoms with van der Waals surface area (Å²) >= 11 is 6.01. The maximum absolute atomic E-state index is 6.01. The number of hydrogen-bond acceptors (Lipinski definition) is 3. The molecule has 0 heterocycles. The standard InChI is InChI=1S/C20H26ClNO2/c1-4-15(3)22-13-16-9-10-19(20(12-16)23-5-2)24-14-17-7-6-8-18(21)11-17/h6-12,15,22H,4-5,13-14H2,1-3H3/t15-/m0/s1. The molecule has 0 aromatic heterocycles. The van der Waals surface area contributed by atoms with Crippen LogP contribution in [0.15, 0.2) is 42.5 Å². The molecule has 2 aromatic carbocycles. The minimum Gasteiger partial charge on any atom is -0.490 e. The summed E-state index contributed by atoms with van der Waals surface area (Å²) in [6.07, 6.45) is 1.11. The van der Waals surface area contributed by atoms with E-state index in [1.165, 1.54) is 5.56 Å². The number of nitrogens with one attached hydrogen (secondary N) is 1. The van der Waals surface area contributed by atoms with E-state index in [0.29, 0.717) is 24.3 Å². The molecule has 0 aliphatic heterocycles. The van der Waals surface area contributed by atoms with E-state index in [4.69, 9.17) is 21.1 Å². The maximum Gasteiger partial charge on any atom is 0.161 e. The lowest BCUT2D eigenvalue weighted by Crippen LogP contribution is -2.24. The van der Waals surface area contributed by atoms with Crippen molar-refractivity contribution in [1.82, 2.24) is 5.32 Å². The molecule has 4 heteroatoms. The van der Waals surface area contributed by atoms with Crippen LogP contribution >= 0.6 is 11.6 Å². The number of rotatable bonds is 9. The molecule has 3 nitrogen and oxygen atoms in total. The van der Waals surface area contributed by atoms with E-state index in [2.05, 4.69) is 25.2 Å². The second-order valence-corrected chi connectivity index (χ2v) is 6.26. The van der Waals surface area contributed by atoms with Crippen LogP contribution in [-0.2, 0) is 13.2 Å². The molecule has 0 spiro atoms. The Balaban J connectivity index is 2.05. The molecule has 2 rings (SSSR count). The predicted molar refractivity (Wildman–Crippen MR) is 100.0 cm³/mol. The number of halogens is 1. The summed E-state index contributed by atoms with van der Waals surface area (Å²) in [6, 6.07) is 14.3. The molecule has 0 radical (unpaired) electrons. The highest BCUT2D eigenvalue weighted by atomic mass is 35.5. The molecule has 0 amide bonds. The topological polar surface area (TPSA) is 30.5 Å². The fourth-order valence-electron chi connectivity index (χ4n) is 2.27. The van der Waals surface area contributed by atoms with Crippen LogP contribution < -0.4 is 14.8 Å². The summed E-state index contributed by atoms with van der Waals surface area (Å²) in [6.45, 7) is 8.23. The van der Waals surface area contributed by atoms with Crippen molar-refractivity contribution in [1.29, 1.82) is 0 Å². The zero-order valence-corrected chi connectivity index (χ0v) is 15.4. The second kappa shape index (κ2) is 9.55. The lowest BCUT2D eigenvalue weighted by atomic mass is 10.1. The molecule has 1 N–H and O–H groups in total. The van der Waals surface area contributed by atoms with Gasteiger partial charge in [-0.25, -0.2) is 0 Å². The zero-order chi connectivity index (χ0) is 17.4. The minimum atomic E-state index is 0.463. The van der Waals surface area contributed by atoms with Crippen LogP contribution in [0.4, 0.5) is 0 Å². The third-order valence-corrected chi connectivity index (χ3v) is 4.09. The third-order valence-electron chi connectivity index (χ3n) is 3.86. The van der Waals surface area contributed by atoms with Crippen molar-refractivity contribution >= 4 is 11.6 Å². The van der Waals surface area contributed by atoms with Gasteiger partial charge in [-0.05, 0) is 55.7 Å². The van der Waals surface area contributed by atoms with Crippen LogP contribution in [0.1, 0.15) is 38.3 Å². The first kappa shape index (κ1) is 18.6. The molecule has 24 heavy (non-hydrogen) atoms. The van der Waals surface area contributed by atoms with Gasteiger partial charge in [0.25, 0.3) is 0 Å². The molecule has 2 aromatic rings. The first-order valence-electron chi connectivity index (χ1n) is 8.48. The van der Waals surface area contributed by atoms with Crippen molar-refractivity contribution in [2.24, 2.45) is 0 Å². The quantitative estimate of drug-likeness (QED) is 0.675. The van der Waals surface area contributed by atoms with Crippen molar-refractivity contribution in [3.63, 3.8) is 0 Å². The fourth-order valence-corrected chi connectivity index (χ4v) is 2.49. The average Bonchev–Trinajstić information content (AvgIpc) is 2.59. The van der Waals surface area contributed by atoms with Crippen LogP contribution in [0.3, 0.4) is 0 Å². The second-order valence-electron chi connectivity index (χ2n) is 5.82. The van der Waals surface area contributed by atoms with Crippen LogP contribution in [0, 0.1) is 0 Å². The van der Waals surface area contributed by atoms with Gasteiger partial charge in [-0.1, -0.05) is 36.7 Å². The minimum absolute atomic E-state index is 0.463. The molecule has 0 bridgehead atoms. The average molecular weight is 348 g/mol. The molecule has 0 saturated carbocycles. The summed E-state index contributed by atoms with van der Waals surface area (Å²) in [5, 5.41) is 4.21. The number of benzene rings is 2. The van der Waals surface area contributed by atoms with E-state index >= 15 is 0 Å². The van der Waals surface area contributed by atoms with Crippen molar-refractivity contribution in [2.45, 2.75) is 46.4 Å². The molecular weight excluding hydrogens is 322 g/mol. The number of hydrogen-bond donors (Lipinski definition) is 1. The van der Waals surface area contributed by atoms with Gasteiger partial charge in [0, 0.05) is 17.6 Å². The molecular formula is C20H26ClNO2. The van der Waals surface area contributed by atoms with Gasteiger partial charge in [0.2, 0.25) is 0 Å². The molecule has 0 aliphatic rings. The first-order valence-corrected chi connectivity index (χ1v) is 8.86. The number of ether oxygens (including phenoxy) is 2. The molecule has 0 saturated heterocycles. The molecule has 0 unspecified atom stereocenters. The highest BCUT2D eigenvalue weighted by Gasteiger charge is 2.08. The Morgan fingerprint density at radius 1 is 1.00 bits per heavy atom. The Hall–Kier alpha value is -1.71. The largest absolute Gasteiger partial charge is 0.490 e. The lowest BCUT2D eigenvalue weighted by molar-refractivity contribution is 0.269. The highest BCUT2D eigenvalue weighted by Crippen LogP contribution is 2.29. The van der Waals surface area contributed by atoms with Gasteiger partial charge in [0.05, 0.1) is 6.61 Å². The lowest BCUT2D eigenvalue weighted by Gasteiger charge is -2.15. The highest BCUT2D eigenvalue weighted by molar-refractivity contribution is 6.30. The van der Waals surface area contributed by atoms with E-state index in [9.17, 15) is 0 Å². The van der Waals surface area contributed by atoms with Crippen molar-refractivity contribution < 1.29 is 9.47 Å². The predicted octanol–water partition coefficient (Wildman–Crippen LogP) is 5.21. The van der Waals surface area contributed by atoms with Crippen LogP contribution in [0.5, 0.6) is 11.5 Å². The summed E-state index contributed by atoms with van der Waals surface area (Å²) in [7, 11) is 0. The molecule has 130 valence electrons. The van der Waals surface area contributed by atoms with Gasteiger partial charge in [0.15, 0.2) is 11.5 Å². The van der Waals surface area contributed by atoms with E-state index in [-0.39, 0.29) is 0 Å².